The zero-order valence-corrected chi connectivity index (χ0v) is 14.4. The predicted molar refractivity (Wildman–Crippen MR) is 92.9 cm³/mol. The van der Waals surface area contributed by atoms with Crippen LogP contribution in [-0.4, -0.2) is 20.7 Å². The molecule has 0 aliphatic carbocycles. The van der Waals surface area contributed by atoms with Gasteiger partial charge in [0.25, 0.3) is 0 Å². The number of hydrogen-bond donors (Lipinski definition) is 1. The van der Waals surface area contributed by atoms with Crippen LogP contribution in [0.3, 0.4) is 0 Å². The first-order valence-corrected chi connectivity index (χ1v) is 8.79. The zero-order valence-electron chi connectivity index (χ0n) is 12.8. The second-order valence-corrected chi connectivity index (χ2v) is 7.10. The van der Waals surface area contributed by atoms with Gasteiger partial charge in [0.15, 0.2) is 5.16 Å². The van der Waals surface area contributed by atoms with E-state index in [0.29, 0.717) is 0 Å². The van der Waals surface area contributed by atoms with Crippen LogP contribution in [0.2, 0.25) is 0 Å². The number of anilines is 1. The molecule has 0 bridgehead atoms. The van der Waals surface area contributed by atoms with Crippen LogP contribution in [0.15, 0.2) is 58.2 Å². The third-order valence-electron chi connectivity index (χ3n) is 3.36. The summed E-state index contributed by atoms with van der Waals surface area (Å²) in [6, 6.07) is 11.7. The number of hydrogen-bond acceptors (Lipinski definition) is 5. The molecule has 0 spiro atoms. The molecule has 0 aliphatic rings. The Kier molecular flexibility index (Phi) is 4.78. The fourth-order valence-electron chi connectivity index (χ4n) is 1.99. The first-order valence-electron chi connectivity index (χ1n) is 7.09. The summed E-state index contributed by atoms with van der Waals surface area (Å²) in [5.41, 5.74) is 0.792. The van der Waals surface area contributed by atoms with E-state index in [1.54, 1.807) is 17.7 Å². The molecule has 2 heterocycles. The Morgan fingerprint density at radius 1 is 1.30 bits per heavy atom. The first-order chi connectivity index (χ1) is 11.1. The van der Waals surface area contributed by atoms with Crippen molar-refractivity contribution in [3.63, 3.8) is 0 Å². The summed E-state index contributed by atoms with van der Waals surface area (Å²) in [5, 5.41) is 13.7. The van der Waals surface area contributed by atoms with E-state index >= 15 is 0 Å². The van der Waals surface area contributed by atoms with Gasteiger partial charge in [0.05, 0.1) is 5.92 Å². The first kappa shape index (κ1) is 15.8. The molecule has 2 aromatic heterocycles. The molecule has 0 saturated carbocycles. The highest BCUT2D eigenvalue weighted by atomic mass is 32.2. The Labute approximate surface area is 142 Å². The van der Waals surface area contributed by atoms with Gasteiger partial charge >= 0.3 is 0 Å². The molecule has 7 heteroatoms. The quantitative estimate of drug-likeness (QED) is 0.765. The lowest BCUT2D eigenvalue weighted by atomic mass is 10.1. The van der Waals surface area contributed by atoms with Gasteiger partial charge in [-0.15, -0.1) is 21.5 Å². The van der Waals surface area contributed by atoms with E-state index in [1.807, 2.05) is 60.3 Å². The summed E-state index contributed by atoms with van der Waals surface area (Å²) in [7, 11) is 1.91. The van der Waals surface area contributed by atoms with E-state index in [2.05, 4.69) is 15.5 Å². The van der Waals surface area contributed by atoms with Crippen LogP contribution < -0.4 is 5.32 Å². The second-order valence-electron chi connectivity index (χ2n) is 5.08. The number of nitrogens with one attached hydrogen (secondary N) is 1. The lowest BCUT2D eigenvalue weighted by molar-refractivity contribution is -0.117. The van der Waals surface area contributed by atoms with Crippen molar-refractivity contribution in [2.45, 2.75) is 22.9 Å². The molecule has 3 aromatic rings. The van der Waals surface area contributed by atoms with Crippen molar-refractivity contribution in [1.82, 2.24) is 14.8 Å². The van der Waals surface area contributed by atoms with Gasteiger partial charge in [-0.1, -0.05) is 6.07 Å². The number of amides is 1. The summed E-state index contributed by atoms with van der Waals surface area (Å²) in [6.45, 7) is 1.92. The molecule has 0 unspecified atom stereocenters. The van der Waals surface area contributed by atoms with Gasteiger partial charge in [-0.05, 0) is 54.4 Å². The maximum Gasteiger partial charge on any atom is 0.232 e. The largest absolute Gasteiger partial charge is 0.326 e. The highest BCUT2D eigenvalue weighted by Gasteiger charge is 2.16. The Morgan fingerprint density at radius 2 is 2.09 bits per heavy atom. The van der Waals surface area contributed by atoms with Crippen molar-refractivity contribution >= 4 is 34.7 Å². The highest BCUT2D eigenvalue weighted by molar-refractivity contribution is 7.99. The van der Waals surface area contributed by atoms with Gasteiger partial charge in [-0.2, -0.15) is 0 Å². The molecular weight excluding hydrogens is 328 g/mol. The zero-order chi connectivity index (χ0) is 16.2. The van der Waals surface area contributed by atoms with Crippen LogP contribution in [-0.2, 0) is 11.8 Å². The SMILES string of the molecule is C[C@H](C(=O)Nc1ccc(Sc2nncn2C)cc1)c1cccs1. The van der Waals surface area contributed by atoms with Crippen molar-refractivity contribution < 1.29 is 4.79 Å². The number of aryl methyl sites for hydroxylation is 1. The van der Waals surface area contributed by atoms with E-state index in [4.69, 9.17) is 0 Å². The summed E-state index contributed by atoms with van der Waals surface area (Å²) in [4.78, 5) is 14.4. The van der Waals surface area contributed by atoms with Gasteiger partial charge in [-0.25, -0.2) is 0 Å². The number of carbonyl (C=O) groups excluding carboxylic acids is 1. The molecule has 1 aromatic carbocycles. The van der Waals surface area contributed by atoms with E-state index in [1.165, 1.54) is 11.8 Å². The molecule has 0 radical (unpaired) electrons. The van der Waals surface area contributed by atoms with Crippen LogP contribution in [0.4, 0.5) is 5.69 Å². The van der Waals surface area contributed by atoms with Crippen LogP contribution in [0.25, 0.3) is 0 Å². The van der Waals surface area contributed by atoms with Crippen molar-refractivity contribution in [2.24, 2.45) is 7.05 Å². The number of thiophene rings is 1. The van der Waals surface area contributed by atoms with E-state index in [9.17, 15) is 4.79 Å². The summed E-state index contributed by atoms with van der Waals surface area (Å²) in [5.74, 6) is -0.149. The van der Waals surface area contributed by atoms with Crippen LogP contribution >= 0.6 is 23.1 Å². The topological polar surface area (TPSA) is 59.8 Å². The molecular formula is C16H16N4OS2. The van der Waals surface area contributed by atoms with Crippen molar-refractivity contribution in [3.8, 4) is 0 Å². The predicted octanol–water partition coefficient (Wildman–Crippen LogP) is 3.77. The Balaban J connectivity index is 1.63. The standard InChI is InChI=1S/C16H16N4OS2/c1-11(14-4-3-9-22-14)15(21)18-12-5-7-13(8-6-12)23-16-19-17-10-20(16)2/h3-11H,1-2H3,(H,18,21)/t11-/m0/s1. The third-order valence-corrected chi connectivity index (χ3v) is 5.48. The van der Waals surface area contributed by atoms with Crippen molar-refractivity contribution in [2.75, 3.05) is 5.32 Å². The molecule has 23 heavy (non-hydrogen) atoms. The number of aromatic nitrogens is 3. The molecule has 3 rings (SSSR count). The van der Waals surface area contributed by atoms with Crippen molar-refractivity contribution in [3.05, 3.63) is 53.0 Å². The lowest BCUT2D eigenvalue weighted by Crippen LogP contribution is -2.17. The summed E-state index contributed by atoms with van der Waals surface area (Å²) >= 11 is 3.13. The van der Waals surface area contributed by atoms with Gasteiger partial charge in [-0.3, -0.25) is 4.79 Å². The fraction of sp³-hybridized carbons (Fsp3) is 0.188. The average Bonchev–Trinajstić information content (AvgIpc) is 3.21. The number of nitrogens with zero attached hydrogens (tertiary/aromatic N) is 3. The van der Waals surface area contributed by atoms with Crippen molar-refractivity contribution in [1.29, 1.82) is 0 Å². The number of benzene rings is 1. The number of rotatable bonds is 5. The summed E-state index contributed by atoms with van der Waals surface area (Å²) in [6.07, 6.45) is 1.67. The minimum Gasteiger partial charge on any atom is -0.326 e. The van der Waals surface area contributed by atoms with Crippen LogP contribution in [0.1, 0.15) is 17.7 Å². The van der Waals surface area contributed by atoms with E-state index < -0.39 is 0 Å². The molecule has 118 valence electrons. The molecule has 1 N–H and O–H groups in total. The van der Waals surface area contributed by atoms with Gasteiger partial charge in [0.1, 0.15) is 6.33 Å². The molecule has 0 aliphatic heterocycles. The fourth-order valence-corrected chi connectivity index (χ4v) is 3.54. The molecule has 5 nitrogen and oxygen atoms in total. The minimum absolute atomic E-state index is 0.00107. The molecule has 0 fully saturated rings. The summed E-state index contributed by atoms with van der Waals surface area (Å²) < 4.78 is 1.86. The molecule has 1 atom stereocenters. The second kappa shape index (κ2) is 6.97. The monoisotopic (exact) mass is 344 g/mol. The Bertz CT molecular complexity index is 781. The third kappa shape index (κ3) is 3.80. The normalized spacial score (nSPS) is 12.1. The van der Waals surface area contributed by atoms with Gasteiger partial charge in [0.2, 0.25) is 5.91 Å². The van der Waals surface area contributed by atoms with Gasteiger partial charge < -0.3 is 9.88 Å². The molecule has 1 amide bonds. The maximum absolute atomic E-state index is 12.3. The maximum atomic E-state index is 12.3. The van der Waals surface area contributed by atoms with E-state index in [0.717, 1.165) is 20.6 Å². The van der Waals surface area contributed by atoms with Gasteiger partial charge in [0, 0.05) is 22.5 Å². The molecule has 0 saturated heterocycles. The Morgan fingerprint density at radius 3 is 2.70 bits per heavy atom. The Hall–Kier alpha value is -2.12. The van der Waals surface area contributed by atoms with E-state index in [-0.39, 0.29) is 11.8 Å². The average molecular weight is 344 g/mol. The van der Waals surface area contributed by atoms with Crippen LogP contribution in [0.5, 0.6) is 0 Å². The highest BCUT2D eigenvalue weighted by Crippen LogP contribution is 2.27. The minimum atomic E-state index is -0.150. The lowest BCUT2D eigenvalue weighted by Gasteiger charge is -2.11. The number of carbonyl (C=O) groups is 1. The van der Waals surface area contributed by atoms with Crippen LogP contribution in [0, 0.1) is 0 Å². The smallest absolute Gasteiger partial charge is 0.232 e.